The van der Waals surface area contributed by atoms with Gasteiger partial charge in [-0.2, -0.15) is 13.2 Å². The van der Waals surface area contributed by atoms with Gasteiger partial charge in [0.2, 0.25) is 0 Å². The number of hydrogen-bond donors (Lipinski definition) is 4. The molecule has 1 aromatic rings. The zero-order chi connectivity index (χ0) is 11.1. The van der Waals surface area contributed by atoms with E-state index in [1.165, 1.54) is 0 Å². The molecule has 0 radical (unpaired) electrons. The van der Waals surface area contributed by atoms with Crippen molar-refractivity contribution in [1.82, 2.24) is 0 Å². The summed E-state index contributed by atoms with van der Waals surface area (Å²) in [7, 11) is 0. The smallest absolute Gasteiger partial charge is 0.422 e. The lowest BCUT2D eigenvalue weighted by Crippen LogP contribution is -2.10. The van der Waals surface area contributed by atoms with Gasteiger partial charge in [0.05, 0.1) is 11.4 Å². The minimum atomic E-state index is -4.86. The van der Waals surface area contributed by atoms with Gasteiger partial charge in [-0.3, -0.25) is 0 Å². The third kappa shape index (κ3) is 1.48. The largest absolute Gasteiger partial charge is 0.506 e. The number of halogens is 3. The molecule has 7 heteroatoms. The maximum absolute atomic E-state index is 12.3. The molecule has 14 heavy (non-hydrogen) atoms. The lowest BCUT2D eigenvalue weighted by molar-refractivity contribution is -0.138. The van der Waals surface area contributed by atoms with Crippen LogP contribution in [0.2, 0.25) is 0 Å². The minimum absolute atomic E-state index is 0.580. The summed E-state index contributed by atoms with van der Waals surface area (Å²) in [5, 5.41) is 18.0. The molecule has 0 saturated carbocycles. The standard InChI is InChI=1S/C7H7F3N2O2/c8-7(9,10)4-5(12)3(13)1-2(11)6(4)14/h1,13-14H,11-12H2. The SMILES string of the molecule is Nc1cc(O)c(N)c(C(F)(F)F)c1O. The van der Waals surface area contributed by atoms with Gasteiger partial charge in [0.1, 0.15) is 11.3 Å². The van der Waals surface area contributed by atoms with Gasteiger partial charge < -0.3 is 21.7 Å². The van der Waals surface area contributed by atoms with Gasteiger partial charge in [0.25, 0.3) is 0 Å². The Hall–Kier alpha value is -1.79. The Balaban J connectivity index is 3.56. The van der Waals surface area contributed by atoms with Gasteiger partial charge in [-0.15, -0.1) is 0 Å². The number of phenolic OH excluding ortho intramolecular Hbond substituents is 2. The van der Waals surface area contributed by atoms with E-state index < -0.39 is 34.6 Å². The second-order valence-electron chi connectivity index (χ2n) is 2.62. The highest BCUT2D eigenvalue weighted by atomic mass is 19.4. The molecule has 0 aliphatic carbocycles. The molecule has 78 valence electrons. The Morgan fingerprint density at radius 1 is 1.14 bits per heavy atom. The van der Waals surface area contributed by atoms with Gasteiger partial charge in [-0.1, -0.05) is 0 Å². The average Bonchev–Trinajstić information content (AvgIpc) is 1.98. The van der Waals surface area contributed by atoms with Crippen molar-refractivity contribution < 1.29 is 23.4 Å². The van der Waals surface area contributed by atoms with Crippen LogP contribution in [0.15, 0.2) is 6.07 Å². The molecule has 0 spiro atoms. The molecule has 1 aromatic carbocycles. The van der Waals surface area contributed by atoms with E-state index in [2.05, 4.69) is 0 Å². The lowest BCUT2D eigenvalue weighted by Gasteiger charge is -2.14. The topological polar surface area (TPSA) is 92.5 Å². The monoisotopic (exact) mass is 208 g/mol. The third-order valence-electron chi connectivity index (χ3n) is 1.63. The number of aromatic hydroxyl groups is 2. The number of rotatable bonds is 0. The number of phenols is 2. The number of anilines is 2. The quantitative estimate of drug-likeness (QED) is 0.293. The van der Waals surface area contributed by atoms with Crippen LogP contribution in [-0.2, 0) is 6.18 Å². The molecule has 0 bridgehead atoms. The molecule has 1 rings (SSSR count). The molecule has 0 heterocycles. The van der Waals surface area contributed by atoms with Crippen molar-refractivity contribution in [2.45, 2.75) is 6.18 Å². The van der Waals surface area contributed by atoms with Crippen molar-refractivity contribution in [2.75, 3.05) is 11.5 Å². The molecule has 0 amide bonds. The summed E-state index contributed by atoms with van der Waals surface area (Å²) in [5.74, 6) is -1.99. The molecule has 0 aromatic heterocycles. The number of benzene rings is 1. The van der Waals surface area contributed by atoms with Gasteiger partial charge in [-0.25, -0.2) is 0 Å². The van der Waals surface area contributed by atoms with Crippen LogP contribution in [0.25, 0.3) is 0 Å². The molecular weight excluding hydrogens is 201 g/mol. The van der Waals surface area contributed by atoms with Crippen molar-refractivity contribution in [3.05, 3.63) is 11.6 Å². The Morgan fingerprint density at radius 3 is 2.07 bits per heavy atom. The van der Waals surface area contributed by atoms with Crippen LogP contribution in [0, 0.1) is 0 Å². The molecule has 0 fully saturated rings. The van der Waals surface area contributed by atoms with Gasteiger partial charge in [-0.05, 0) is 0 Å². The van der Waals surface area contributed by atoms with E-state index in [-0.39, 0.29) is 0 Å². The number of nitrogens with two attached hydrogens (primary N) is 2. The Morgan fingerprint density at radius 2 is 1.64 bits per heavy atom. The molecule has 4 nitrogen and oxygen atoms in total. The second-order valence-corrected chi connectivity index (χ2v) is 2.62. The van der Waals surface area contributed by atoms with Crippen molar-refractivity contribution in [3.63, 3.8) is 0 Å². The lowest BCUT2D eigenvalue weighted by atomic mass is 10.1. The Kier molecular flexibility index (Phi) is 2.10. The molecule has 6 N–H and O–H groups in total. The molecule has 0 aliphatic heterocycles. The van der Waals surface area contributed by atoms with Gasteiger partial charge >= 0.3 is 6.18 Å². The van der Waals surface area contributed by atoms with E-state index in [0.717, 1.165) is 6.07 Å². The molecule has 0 atom stereocenters. The summed E-state index contributed by atoms with van der Waals surface area (Å²) in [6.07, 6.45) is -4.86. The van der Waals surface area contributed by atoms with E-state index in [1.807, 2.05) is 0 Å². The fourth-order valence-corrected chi connectivity index (χ4v) is 0.980. The maximum Gasteiger partial charge on any atom is 0.422 e. The highest BCUT2D eigenvalue weighted by Gasteiger charge is 2.38. The summed E-state index contributed by atoms with van der Waals surface area (Å²) in [6.45, 7) is 0. The summed E-state index contributed by atoms with van der Waals surface area (Å²) in [5.41, 5.74) is 6.94. The molecule has 0 saturated heterocycles. The van der Waals surface area contributed by atoms with E-state index in [1.54, 1.807) is 0 Å². The first-order chi connectivity index (χ1) is 6.25. The fraction of sp³-hybridized carbons (Fsp3) is 0.143. The third-order valence-corrected chi connectivity index (χ3v) is 1.63. The van der Waals surface area contributed by atoms with Crippen LogP contribution in [-0.4, -0.2) is 10.2 Å². The van der Waals surface area contributed by atoms with E-state index >= 15 is 0 Å². The number of nitrogen functional groups attached to an aromatic ring is 2. The normalized spacial score (nSPS) is 11.6. The zero-order valence-corrected chi connectivity index (χ0v) is 6.76. The van der Waals surface area contributed by atoms with Crippen LogP contribution >= 0.6 is 0 Å². The molecule has 0 unspecified atom stereocenters. The summed E-state index contributed by atoms with van der Waals surface area (Å²) < 4.78 is 36.8. The summed E-state index contributed by atoms with van der Waals surface area (Å²) in [4.78, 5) is 0. The highest BCUT2D eigenvalue weighted by molar-refractivity contribution is 5.73. The maximum atomic E-state index is 12.3. The predicted molar refractivity (Wildman–Crippen MR) is 43.6 cm³/mol. The van der Waals surface area contributed by atoms with Crippen molar-refractivity contribution in [1.29, 1.82) is 0 Å². The van der Waals surface area contributed by atoms with E-state index in [0.29, 0.717) is 0 Å². The summed E-state index contributed by atoms with van der Waals surface area (Å²) >= 11 is 0. The fourth-order valence-electron chi connectivity index (χ4n) is 0.980. The Labute approximate surface area is 76.6 Å². The van der Waals surface area contributed by atoms with Crippen LogP contribution in [0.4, 0.5) is 24.5 Å². The molecule has 0 aliphatic rings. The first-order valence-electron chi connectivity index (χ1n) is 3.42. The van der Waals surface area contributed by atoms with Crippen LogP contribution in [0.1, 0.15) is 5.56 Å². The van der Waals surface area contributed by atoms with E-state index in [9.17, 15) is 13.2 Å². The number of hydrogen-bond acceptors (Lipinski definition) is 4. The van der Waals surface area contributed by atoms with Crippen molar-refractivity contribution in [3.8, 4) is 11.5 Å². The van der Waals surface area contributed by atoms with E-state index in [4.69, 9.17) is 21.7 Å². The highest BCUT2D eigenvalue weighted by Crippen LogP contribution is 2.46. The van der Waals surface area contributed by atoms with Gasteiger partial charge in [0.15, 0.2) is 5.75 Å². The van der Waals surface area contributed by atoms with Gasteiger partial charge in [0, 0.05) is 6.07 Å². The Bertz CT molecular complexity index is 350. The summed E-state index contributed by atoms with van der Waals surface area (Å²) in [6, 6.07) is 0.750. The minimum Gasteiger partial charge on any atom is -0.506 e. The van der Waals surface area contributed by atoms with Crippen LogP contribution in [0.3, 0.4) is 0 Å². The first kappa shape index (κ1) is 10.3. The van der Waals surface area contributed by atoms with Crippen LogP contribution in [0.5, 0.6) is 11.5 Å². The first-order valence-corrected chi connectivity index (χ1v) is 3.42. The predicted octanol–water partition coefficient (Wildman–Crippen LogP) is 1.28. The number of alkyl halides is 3. The average molecular weight is 208 g/mol. The van der Waals surface area contributed by atoms with Crippen LogP contribution < -0.4 is 11.5 Å². The van der Waals surface area contributed by atoms with Crippen molar-refractivity contribution >= 4 is 11.4 Å². The second kappa shape index (κ2) is 2.86. The molecular formula is C7H7F3N2O2. The zero-order valence-electron chi connectivity index (χ0n) is 6.76. The van der Waals surface area contributed by atoms with Crippen molar-refractivity contribution in [2.24, 2.45) is 0 Å².